The molecule has 1 unspecified atom stereocenters. The van der Waals surface area contributed by atoms with Crippen molar-refractivity contribution in [1.29, 1.82) is 0 Å². The Hall–Kier alpha value is -3.48. The fourth-order valence-corrected chi connectivity index (χ4v) is 2.44. The summed E-state index contributed by atoms with van der Waals surface area (Å²) in [6, 6.07) is 11.6. The van der Waals surface area contributed by atoms with E-state index in [1.807, 2.05) is 0 Å². The lowest BCUT2D eigenvalue weighted by Crippen LogP contribution is -2.24. The van der Waals surface area contributed by atoms with Gasteiger partial charge in [0.15, 0.2) is 6.10 Å². The van der Waals surface area contributed by atoms with Crippen LogP contribution in [0, 0.1) is 0 Å². The van der Waals surface area contributed by atoms with E-state index in [0.29, 0.717) is 28.2 Å². The summed E-state index contributed by atoms with van der Waals surface area (Å²) in [5.41, 5.74) is -0.0146. The summed E-state index contributed by atoms with van der Waals surface area (Å²) < 4.78 is 26.4. The Kier molecular flexibility index (Phi) is 5.30. The van der Waals surface area contributed by atoms with Crippen LogP contribution in [0.25, 0.3) is 11.0 Å². The monoisotopic (exact) mass is 370 g/mol. The largest absolute Gasteiger partial charge is 0.497 e. The van der Waals surface area contributed by atoms with Crippen molar-refractivity contribution in [2.45, 2.75) is 13.0 Å². The van der Waals surface area contributed by atoms with Crippen LogP contribution in [0.2, 0.25) is 0 Å². The molecule has 1 atom stereocenters. The number of methoxy groups -OCH3 is 2. The zero-order valence-corrected chi connectivity index (χ0v) is 15.1. The van der Waals surface area contributed by atoms with E-state index in [1.165, 1.54) is 19.4 Å². The van der Waals surface area contributed by atoms with Gasteiger partial charge in [0, 0.05) is 12.1 Å². The molecule has 0 bridgehead atoms. The standard InChI is InChI=1S/C20H18O7/c1-12(20(22)24-3)26-15-7-8-16-17(10-15)25-11-18(19(16)21)27-14-6-4-5-13(9-14)23-2/h4-12H,1-3H3. The molecule has 3 rings (SSSR count). The van der Waals surface area contributed by atoms with Gasteiger partial charge in [-0.3, -0.25) is 4.79 Å². The lowest BCUT2D eigenvalue weighted by molar-refractivity contribution is -0.147. The van der Waals surface area contributed by atoms with Gasteiger partial charge in [-0.15, -0.1) is 0 Å². The van der Waals surface area contributed by atoms with Crippen molar-refractivity contribution in [1.82, 2.24) is 0 Å². The van der Waals surface area contributed by atoms with Gasteiger partial charge in [0.1, 0.15) is 29.1 Å². The highest BCUT2D eigenvalue weighted by molar-refractivity contribution is 5.79. The number of esters is 1. The second-order valence-corrected chi connectivity index (χ2v) is 5.65. The van der Waals surface area contributed by atoms with Crippen LogP contribution < -0.4 is 19.6 Å². The number of ether oxygens (including phenoxy) is 4. The second kappa shape index (κ2) is 7.82. The first-order chi connectivity index (χ1) is 13.0. The van der Waals surface area contributed by atoms with Gasteiger partial charge in [0.2, 0.25) is 11.2 Å². The van der Waals surface area contributed by atoms with Crippen LogP contribution in [0.1, 0.15) is 6.92 Å². The van der Waals surface area contributed by atoms with E-state index in [4.69, 9.17) is 18.6 Å². The van der Waals surface area contributed by atoms with Gasteiger partial charge in [0.25, 0.3) is 0 Å². The van der Waals surface area contributed by atoms with Gasteiger partial charge in [-0.25, -0.2) is 4.79 Å². The van der Waals surface area contributed by atoms with Crippen LogP contribution in [-0.2, 0) is 9.53 Å². The fraction of sp³-hybridized carbons (Fsp3) is 0.200. The van der Waals surface area contributed by atoms with Crippen molar-refractivity contribution >= 4 is 16.9 Å². The summed E-state index contributed by atoms with van der Waals surface area (Å²) >= 11 is 0. The first-order valence-corrected chi connectivity index (χ1v) is 8.13. The molecule has 1 heterocycles. The Morgan fingerprint density at radius 3 is 2.56 bits per heavy atom. The van der Waals surface area contributed by atoms with Gasteiger partial charge >= 0.3 is 5.97 Å². The Labute approximate surface area is 155 Å². The molecule has 7 heteroatoms. The van der Waals surface area contributed by atoms with Crippen molar-refractivity contribution < 1.29 is 28.2 Å². The fourth-order valence-electron chi connectivity index (χ4n) is 2.44. The Bertz CT molecular complexity index is 1020. The first kappa shape index (κ1) is 18.3. The van der Waals surface area contributed by atoms with Crippen LogP contribution in [0.3, 0.4) is 0 Å². The maximum absolute atomic E-state index is 12.6. The van der Waals surface area contributed by atoms with E-state index >= 15 is 0 Å². The number of fused-ring (bicyclic) bond motifs is 1. The number of hydrogen-bond donors (Lipinski definition) is 0. The number of hydrogen-bond acceptors (Lipinski definition) is 7. The molecule has 2 aromatic carbocycles. The highest BCUT2D eigenvalue weighted by Gasteiger charge is 2.16. The molecule has 0 fully saturated rings. The number of carbonyl (C=O) groups excluding carboxylic acids is 1. The van der Waals surface area contributed by atoms with Crippen LogP contribution in [0.4, 0.5) is 0 Å². The normalized spacial score (nSPS) is 11.7. The highest BCUT2D eigenvalue weighted by Crippen LogP contribution is 2.26. The third-order valence-corrected chi connectivity index (χ3v) is 3.83. The average molecular weight is 370 g/mol. The maximum Gasteiger partial charge on any atom is 0.346 e. The van der Waals surface area contributed by atoms with Crippen LogP contribution >= 0.6 is 0 Å². The van der Waals surface area contributed by atoms with Crippen molar-refractivity contribution in [3.63, 3.8) is 0 Å². The summed E-state index contributed by atoms with van der Waals surface area (Å²) in [5, 5.41) is 0.327. The van der Waals surface area contributed by atoms with E-state index in [2.05, 4.69) is 4.74 Å². The van der Waals surface area contributed by atoms with Gasteiger partial charge in [-0.05, 0) is 31.2 Å². The average Bonchev–Trinajstić information content (AvgIpc) is 2.69. The van der Waals surface area contributed by atoms with Crippen LogP contribution in [-0.4, -0.2) is 26.3 Å². The summed E-state index contributed by atoms with van der Waals surface area (Å²) in [7, 11) is 2.83. The maximum atomic E-state index is 12.6. The van der Waals surface area contributed by atoms with E-state index in [0.717, 1.165) is 0 Å². The zero-order valence-electron chi connectivity index (χ0n) is 15.1. The number of carbonyl (C=O) groups is 1. The summed E-state index contributed by atoms with van der Waals surface area (Å²) in [6.45, 7) is 1.57. The Morgan fingerprint density at radius 2 is 1.81 bits per heavy atom. The molecule has 0 aliphatic rings. The number of rotatable bonds is 6. The quantitative estimate of drug-likeness (QED) is 0.614. The van der Waals surface area contributed by atoms with Crippen LogP contribution in [0.5, 0.6) is 23.0 Å². The third-order valence-electron chi connectivity index (χ3n) is 3.83. The van der Waals surface area contributed by atoms with E-state index < -0.39 is 12.1 Å². The molecule has 140 valence electrons. The Morgan fingerprint density at radius 1 is 1.04 bits per heavy atom. The predicted molar refractivity (Wildman–Crippen MR) is 97.7 cm³/mol. The first-order valence-electron chi connectivity index (χ1n) is 8.13. The smallest absolute Gasteiger partial charge is 0.346 e. The van der Waals surface area contributed by atoms with Gasteiger partial charge in [-0.2, -0.15) is 0 Å². The van der Waals surface area contributed by atoms with Gasteiger partial charge < -0.3 is 23.4 Å². The molecule has 0 saturated carbocycles. The highest BCUT2D eigenvalue weighted by atomic mass is 16.6. The lowest BCUT2D eigenvalue weighted by atomic mass is 10.2. The summed E-state index contributed by atoms with van der Waals surface area (Å²) in [5.74, 6) is 0.989. The lowest BCUT2D eigenvalue weighted by Gasteiger charge is -2.12. The molecule has 0 spiro atoms. The molecule has 0 amide bonds. The molecule has 0 radical (unpaired) electrons. The molecule has 0 N–H and O–H groups in total. The van der Waals surface area contributed by atoms with Crippen molar-refractivity contribution in [3.05, 3.63) is 59.0 Å². The minimum absolute atomic E-state index is 0.0485. The van der Waals surface area contributed by atoms with Crippen molar-refractivity contribution in [3.8, 4) is 23.0 Å². The topological polar surface area (TPSA) is 84.2 Å². The molecule has 0 aliphatic heterocycles. The van der Waals surface area contributed by atoms with E-state index in [9.17, 15) is 9.59 Å². The summed E-state index contributed by atoms with van der Waals surface area (Å²) in [4.78, 5) is 24.1. The van der Waals surface area contributed by atoms with Gasteiger partial charge in [-0.1, -0.05) is 6.07 Å². The van der Waals surface area contributed by atoms with E-state index in [1.54, 1.807) is 50.4 Å². The van der Waals surface area contributed by atoms with E-state index in [-0.39, 0.29) is 11.2 Å². The molecule has 27 heavy (non-hydrogen) atoms. The molecule has 0 aliphatic carbocycles. The SMILES string of the molecule is COC(=O)C(C)Oc1ccc2c(=O)c(Oc3cccc(OC)c3)coc2c1. The third kappa shape index (κ3) is 4.03. The molecule has 7 nitrogen and oxygen atoms in total. The molecule has 3 aromatic rings. The molecular weight excluding hydrogens is 352 g/mol. The minimum Gasteiger partial charge on any atom is -0.497 e. The van der Waals surface area contributed by atoms with Crippen LogP contribution in [0.15, 0.2) is 57.9 Å². The summed E-state index contributed by atoms with van der Waals surface area (Å²) in [6.07, 6.45) is 0.451. The Balaban J connectivity index is 1.88. The molecular formula is C20H18O7. The molecule has 0 saturated heterocycles. The van der Waals surface area contributed by atoms with Crippen molar-refractivity contribution in [2.24, 2.45) is 0 Å². The second-order valence-electron chi connectivity index (χ2n) is 5.65. The minimum atomic E-state index is -0.783. The van der Waals surface area contributed by atoms with Crippen molar-refractivity contribution in [2.75, 3.05) is 14.2 Å². The zero-order chi connectivity index (χ0) is 19.4. The number of benzene rings is 2. The van der Waals surface area contributed by atoms with Gasteiger partial charge in [0.05, 0.1) is 19.6 Å². The molecule has 1 aromatic heterocycles. The predicted octanol–water partition coefficient (Wildman–Crippen LogP) is 3.53.